The van der Waals surface area contributed by atoms with E-state index in [1.807, 2.05) is 0 Å². The smallest absolute Gasteiger partial charge is 0.336 e. The second kappa shape index (κ2) is 19.2. The number of methoxy groups -OCH3 is 1. The lowest BCUT2D eigenvalue weighted by Gasteiger charge is -2.61. The molecule has 0 aliphatic heterocycles. The van der Waals surface area contributed by atoms with Crippen molar-refractivity contribution in [2.75, 3.05) is 33.5 Å². The van der Waals surface area contributed by atoms with Gasteiger partial charge in [0.1, 0.15) is 30.1 Å². The SMILES string of the molecule is COc1ccc2c(CC(=O)N[C@@H](CC(=O)O)C(=O)O[C@@H]3CC[C@@]4(C)[C@H](CC[C@@H]5[C@@H]4CC[C@]4(C)[C@@H]([C@H](C)CCC(=O)OCCOCCN=[N+]=[N-])CC[C@@H]54)C3)cc(=O)oc2c1. The molecule has 59 heavy (non-hydrogen) atoms. The van der Waals surface area contributed by atoms with Gasteiger partial charge in [0.2, 0.25) is 5.91 Å². The molecule has 15 heteroatoms. The molecule has 4 saturated carbocycles. The van der Waals surface area contributed by atoms with Crippen molar-refractivity contribution >= 4 is 34.8 Å². The number of azide groups is 1. The Kier molecular flexibility index (Phi) is 14.3. The number of hydrogen-bond acceptors (Lipinski definition) is 11. The third-order valence-corrected chi connectivity index (χ3v) is 14.7. The van der Waals surface area contributed by atoms with Crippen molar-refractivity contribution in [2.24, 2.45) is 51.5 Å². The first-order valence-electron chi connectivity index (χ1n) is 21.3. The van der Waals surface area contributed by atoms with Gasteiger partial charge < -0.3 is 33.8 Å². The monoisotopic (exact) mass is 820 g/mol. The fourth-order valence-electron chi connectivity index (χ4n) is 11.9. The number of amides is 1. The van der Waals surface area contributed by atoms with Crippen molar-refractivity contribution in [3.63, 3.8) is 0 Å². The number of esters is 2. The summed E-state index contributed by atoms with van der Waals surface area (Å²) >= 11 is 0. The third kappa shape index (κ3) is 10.1. The number of ether oxygens (including phenoxy) is 4. The van der Waals surface area contributed by atoms with Crippen LogP contribution < -0.4 is 15.7 Å². The Morgan fingerprint density at radius 1 is 1.02 bits per heavy atom. The molecule has 2 N–H and O–H groups in total. The zero-order chi connectivity index (χ0) is 42.3. The number of benzene rings is 1. The lowest BCUT2D eigenvalue weighted by molar-refractivity contribution is -0.167. The van der Waals surface area contributed by atoms with Crippen molar-refractivity contribution in [1.82, 2.24) is 5.32 Å². The quantitative estimate of drug-likeness (QED) is 0.0384. The van der Waals surface area contributed by atoms with Crippen molar-refractivity contribution in [2.45, 2.75) is 116 Å². The molecule has 1 aromatic carbocycles. The number of nitrogens with zero attached hydrogens (tertiary/aromatic N) is 3. The molecule has 0 unspecified atom stereocenters. The fourth-order valence-corrected chi connectivity index (χ4v) is 11.9. The van der Waals surface area contributed by atoms with Gasteiger partial charge in [0.25, 0.3) is 0 Å². The number of carbonyl (C=O) groups is 4. The molecule has 4 aliphatic carbocycles. The van der Waals surface area contributed by atoms with E-state index in [1.165, 1.54) is 38.9 Å². The van der Waals surface area contributed by atoms with Gasteiger partial charge in [-0.2, -0.15) is 0 Å². The van der Waals surface area contributed by atoms with Gasteiger partial charge in [-0.25, -0.2) is 9.59 Å². The summed E-state index contributed by atoms with van der Waals surface area (Å²) in [7, 11) is 1.49. The highest BCUT2D eigenvalue weighted by Gasteiger charge is 2.60. The predicted octanol–water partition coefficient (Wildman–Crippen LogP) is 7.16. The summed E-state index contributed by atoms with van der Waals surface area (Å²) < 4.78 is 27.2. The minimum absolute atomic E-state index is 0.122. The summed E-state index contributed by atoms with van der Waals surface area (Å²) in [5.41, 5.74) is 8.67. The number of carbonyl (C=O) groups excluding carboxylic acids is 3. The van der Waals surface area contributed by atoms with Gasteiger partial charge >= 0.3 is 23.5 Å². The molecule has 1 amide bonds. The minimum atomic E-state index is -1.38. The van der Waals surface area contributed by atoms with E-state index in [1.54, 1.807) is 18.2 Å². The maximum atomic E-state index is 13.5. The van der Waals surface area contributed by atoms with E-state index in [2.05, 4.69) is 36.1 Å². The maximum Gasteiger partial charge on any atom is 0.336 e. The van der Waals surface area contributed by atoms with Gasteiger partial charge in [-0.15, -0.1) is 0 Å². The van der Waals surface area contributed by atoms with Crippen LogP contribution in [0.3, 0.4) is 0 Å². The molecule has 2 aromatic rings. The van der Waals surface area contributed by atoms with Crippen LogP contribution in [0.15, 0.2) is 38.6 Å². The van der Waals surface area contributed by atoms with Crippen LogP contribution in [-0.2, 0) is 39.8 Å². The number of aliphatic carboxylic acids is 1. The van der Waals surface area contributed by atoms with E-state index < -0.39 is 35.9 Å². The van der Waals surface area contributed by atoms with Crippen LogP contribution >= 0.6 is 0 Å². The standard InChI is InChI=1S/C44H60N4O11/c1-26(5-12-40(52)57-20-19-56-18-17-46-48-45)33-10-11-34-32-8-6-28-23-30(13-15-43(28,2)35(32)14-16-44(33,34)3)58-42(54)36(25-39(50)51)47-38(49)21-27-22-41(53)59-37-24-29(55-4)7-9-31(27)37/h7,9,22,24,26,28,30,32-36H,5-6,8,10-21,23,25H2,1-4H3,(H,47,49)(H,50,51)/t26-,28-,30-,32+,33-,34+,35+,36+,43+,44-/m1/s1. The van der Waals surface area contributed by atoms with E-state index >= 15 is 0 Å². The highest BCUT2D eigenvalue weighted by Crippen LogP contribution is 2.68. The van der Waals surface area contributed by atoms with E-state index in [0.29, 0.717) is 78.1 Å². The molecule has 0 radical (unpaired) electrons. The Bertz CT molecular complexity index is 1960. The zero-order valence-corrected chi connectivity index (χ0v) is 34.8. The predicted molar refractivity (Wildman–Crippen MR) is 216 cm³/mol. The summed E-state index contributed by atoms with van der Waals surface area (Å²) in [4.78, 5) is 66.1. The number of carboxylic acid groups (broad SMARTS) is 1. The van der Waals surface area contributed by atoms with Gasteiger partial charge in [0, 0.05) is 35.4 Å². The summed E-state index contributed by atoms with van der Waals surface area (Å²) in [5.74, 6) is 0.874. The maximum absolute atomic E-state index is 13.5. The zero-order valence-electron chi connectivity index (χ0n) is 34.8. The number of fused-ring (bicyclic) bond motifs is 6. The van der Waals surface area contributed by atoms with Crippen molar-refractivity contribution in [1.29, 1.82) is 0 Å². The average Bonchev–Trinajstić information content (AvgIpc) is 3.56. The third-order valence-electron chi connectivity index (χ3n) is 14.7. The molecule has 10 atom stereocenters. The first-order chi connectivity index (χ1) is 28.2. The molecule has 6 rings (SSSR count). The van der Waals surface area contributed by atoms with E-state index in [-0.39, 0.29) is 54.7 Å². The molecule has 0 bridgehead atoms. The first-order valence-corrected chi connectivity index (χ1v) is 21.3. The molecule has 1 heterocycles. The van der Waals surface area contributed by atoms with Crippen LogP contribution in [0.1, 0.15) is 103 Å². The average molecular weight is 821 g/mol. The molecule has 4 aliphatic rings. The van der Waals surface area contributed by atoms with Crippen LogP contribution in [0.4, 0.5) is 0 Å². The van der Waals surface area contributed by atoms with Gasteiger partial charge in [-0.05, 0) is 134 Å². The molecule has 0 saturated heterocycles. The number of rotatable bonds is 18. The first kappa shape index (κ1) is 43.9. The minimum Gasteiger partial charge on any atom is -0.497 e. The number of hydrogen-bond donors (Lipinski definition) is 2. The topological polar surface area (TPSA) is 216 Å². The molecule has 0 spiro atoms. The summed E-state index contributed by atoms with van der Waals surface area (Å²) in [6, 6.07) is 4.74. The van der Waals surface area contributed by atoms with Crippen LogP contribution in [0.5, 0.6) is 5.75 Å². The second-order valence-electron chi connectivity index (χ2n) is 17.9. The van der Waals surface area contributed by atoms with Gasteiger partial charge in [-0.1, -0.05) is 25.9 Å². The van der Waals surface area contributed by atoms with Crippen LogP contribution in [0, 0.1) is 46.3 Å². The van der Waals surface area contributed by atoms with Crippen molar-refractivity contribution in [3.8, 4) is 5.75 Å². The lowest BCUT2D eigenvalue weighted by Crippen LogP contribution is -2.54. The molecule has 322 valence electrons. The molecular formula is C44H60N4O11. The Hall–Kier alpha value is -4.62. The largest absolute Gasteiger partial charge is 0.497 e. The molecule has 15 nitrogen and oxygen atoms in total. The lowest BCUT2D eigenvalue weighted by atomic mass is 9.44. The van der Waals surface area contributed by atoms with Crippen LogP contribution in [0.25, 0.3) is 21.4 Å². The Morgan fingerprint density at radius 3 is 2.56 bits per heavy atom. The van der Waals surface area contributed by atoms with E-state index in [0.717, 1.165) is 25.7 Å². The normalized spacial score (nSPS) is 29.4. The summed E-state index contributed by atoms with van der Waals surface area (Å²) in [6.45, 7) is 8.26. The molecular weight excluding hydrogens is 761 g/mol. The second-order valence-corrected chi connectivity index (χ2v) is 17.9. The van der Waals surface area contributed by atoms with Crippen LogP contribution in [0.2, 0.25) is 0 Å². The van der Waals surface area contributed by atoms with Crippen molar-refractivity contribution in [3.05, 3.63) is 50.7 Å². The summed E-state index contributed by atoms with van der Waals surface area (Å²) in [5, 5.41) is 16.2. The fraction of sp³-hybridized carbons (Fsp3) is 0.705. The Labute approximate surface area is 344 Å². The Morgan fingerprint density at radius 2 is 1.80 bits per heavy atom. The Balaban J connectivity index is 1.01. The van der Waals surface area contributed by atoms with Gasteiger partial charge in [-0.3, -0.25) is 14.4 Å². The van der Waals surface area contributed by atoms with E-state index in [9.17, 15) is 29.1 Å². The number of nitrogens with one attached hydrogen (secondary N) is 1. The number of carboxylic acids is 1. The van der Waals surface area contributed by atoms with Crippen molar-refractivity contribution < 1.29 is 47.6 Å². The highest BCUT2D eigenvalue weighted by atomic mass is 16.6. The molecule has 4 fully saturated rings. The van der Waals surface area contributed by atoms with Gasteiger partial charge in [0.05, 0.1) is 33.2 Å². The van der Waals surface area contributed by atoms with Gasteiger partial charge in [0.15, 0.2) is 0 Å². The van der Waals surface area contributed by atoms with Crippen LogP contribution in [-0.4, -0.2) is 74.5 Å². The summed E-state index contributed by atoms with van der Waals surface area (Å²) in [6.07, 6.45) is 9.18. The molecule has 1 aromatic heterocycles. The highest BCUT2D eigenvalue weighted by molar-refractivity contribution is 5.91. The van der Waals surface area contributed by atoms with E-state index in [4.69, 9.17) is 28.9 Å².